The van der Waals surface area contributed by atoms with Crippen LogP contribution in [0.5, 0.6) is 0 Å². The van der Waals surface area contributed by atoms with Gasteiger partial charge in [-0.1, -0.05) is 35.4 Å². The molecule has 28 heavy (non-hydrogen) atoms. The number of anilines is 2. The molecule has 3 rings (SSSR count). The Labute approximate surface area is 188 Å². The van der Waals surface area contributed by atoms with Crippen molar-refractivity contribution < 1.29 is 10.8 Å². The second-order valence-corrected chi connectivity index (χ2v) is 23.1. The summed E-state index contributed by atoms with van der Waals surface area (Å²) in [5.74, 6) is 0. The van der Waals surface area contributed by atoms with Crippen molar-refractivity contribution in [1.82, 2.24) is 0 Å². The molecule has 2 aromatic rings. The standard InChI is InChI=1S/C21H27N2.4ClH.Ru/c1-14-9-16(3)20(17(4)10-14)22-7-8-23(13-22)21-18(5)11-15(2)12-19(21)6;;;;;/h9-13H,7-8H2,1-6H3;4*1H;/q-1;;;;;+4/p-4. The first-order valence-corrected chi connectivity index (χ1v) is 17.9. The van der Waals surface area contributed by atoms with Gasteiger partial charge in [0, 0.05) is 24.5 Å². The van der Waals surface area contributed by atoms with E-state index in [1.54, 1.807) is 0 Å². The van der Waals surface area contributed by atoms with Crippen molar-refractivity contribution in [1.29, 1.82) is 0 Å². The Kier molecular flexibility index (Phi) is 8.39. The van der Waals surface area contributed by atoms with Crippen LogP contribution in [0.4, 0.5) is 11.4 Å². The molecule has 2 aromatic carbocycles. The normalized spacial score (nSPS) is 14.8. The number of hydrogen-bond donors (Lipinski definition) is 0. The first kappa shape index (κ1) is 24.1. The van der Waals surface area contributed by atoms with Crippen LogP contribution in [0.1, 0.15) is 33.4 Å². The van der Waals surface area contributed by atoms with Crippen molar-refractivity contribution in [2.45, 2.75) is 41.5 Å². The number of halogens is 4. The van der Waals surface area contributed by atoms with E-state index < -0.39 is 10.8 Å². The molecule has 0 bridgehead atoms. The second kappa shape index (κ2) is 9.75. The average molecular weight is 550 g/mol. The van der Waals surface area contributed by atoms with Crippen molar-refractivity contribution in [3.8, 4) is 0 Å². The molecule has 0 radical (unpaired) electrons. The maximum atomic E-state index is 5.00. The molecule has 0 atom stereocenters. The molecule has 1 fully saturated rings. The van der Waals surface area contributed by atoms with Crippen molar-refractivity contribution in [3.05, 3.63) is 64.3 Å². The Morgan fingerprint density at radius 1 is 0.643 bits per heavy atom. The number of hydrogen-bond acceptors (Lipinski definition) is 2. The fourth-order valence-electron chi connectivity index (χ4n) is 4.09. The Hall–Kier alpha value is -0.177. The Bertz CT molecular complexity index is 733. The molecule has 1 aliphatic heterocycles. The summed E-state index contributed by atoms with van der Waals surface area (Å²) in [5, 5.41) is 0. The topological polar surface area (TPSA) is 6.48 Å². The van der Waals surface area contributed by atoms with Crippen molar-refractivity contribution in [2.75, 3.05) is 22.9 Å². The van der Waals surface area contributed by atoms with Gasteiger partial charge < -0.3 is 9.80 Å². The number of rotatable bonds is 2. The SMILES string of the molecule is Cc1cc(C)c(N2[CH-]N(c3c(C)cc(C)cc3C)CC2)c(C)c1.[Cl][Ru]([Cl])([Cl])[Cl]. The number of aryl methyl sites for hydroxylation is 6. The minimum atomic E-state index is -2.97. The molecule has 2 nitrogen and oxygen atoms in total. The van der Waals surface area contributed by atoms with Crippen molar-refractivity contribution >= 4 is 50.1 Å². The van der Waals surface area contributed by atoms with E-state index in [1.165, 1.54) is 44.8 Å². The molecule has 0 aromatic heterocycles. The van der Waals surface area contributed by atoms with E-state index in [0.29, 0.717) is 0 Å². The van der Waals surface area contributed by atoms with Gasteiger partial charge in [0.1, 0.15) is 0 Å². The van der Waals surface area contributed by atoms with Gasteiger partial charge in [0.2, 0.25) is 0 Å². The summed E-state index contributed by atoms with van der Waals surface area (Å²) >= 11 is 0. The third-order valence-corrected chi connectivity index (χ3v) is 4.71. The van der Waals surface area contributed by atoms with Crippen LogP contribution in [0.25, 0.3) is 0 Å². The van der Waals surface area contributed by atoms with Crippen molar-refractivity contribution in [2.24, 2.45) is 0 Å². The monoisotopic (exact) mass is 549 g/mol. The average Bonchev–Trinajstić information content (AvgIpc) is 2.92. The molecule has 0 aliphatic carbocycles. The van der Waals surface area contributed by atoms with Gasteiger partial charge in [0.25, 0.3) is 0 Å². The zero-order chi connectivity index (χ0) is 21.2. The van der Waals surface area contributed by atoms with Crippen LogP contribution in [-0.4, -0.2) is 13.1 Å². The fourth-order valence-corrected chi connectivity index (χ4v) is 4.09. The van der Waals surface area contributed by atoms with E-state index in [9.17, 15) is 0 Å². The fraction of sp³-hybridized carbons (Fsp3) is 0.381. The summed E-state index contributed by atoms with van der Waals surface area (Å²) in [7, 11) is 17.0. The summed E-state index contributed by atoms with van der Waals surface area (Å²) < 4.78 is 0. The molecule has 0 spiro atoms. The number of benzene rings is 2. The van der Waals surface area contributed by atoms with Crippen LogP contribution in [0.3, 0.4) is 0 Å². The summed E-state index contributed by atoms with van der Waals surface area (Å²) in [6, 6.07) is 9.12. The molecule has 0 saturated carbocycles. The molecular weight excluding hydrogens is 523 g/mol. The minimum absolute atomic E-state index is 1.04. The Morgan fingerprint density at radius 2 is 0.893 bits per heavy atom. The third-order valence-electron chi connectivity index (χ3n) is 4.71. The molecule has 7 heteroatoms. The van der Waals surface area contributed by atoms with Crippen LogP contribution >= 0.6 is 38.8 Å². The predicted octanol–water partition coefficient (Wildman–Crippen LogP) is 7.74. The maximum absolute atomic E-state index is 5.00. The Morgan fingerprint density at radius 3 is 1.14 bits per heavy atom. The predicted molar refractivity (Wildman–Crippen MR) is 124 cm³/mol. The summed E-state index contributed by atoms with van der Waals surface area (Å²) in [6.45, 7) is 17.6. The van der Waals surface area contributed by atoms with Gasteiger partial charge in [0.05, 0.1) is 0 Å². The van der Waals surface area contributed by atoms with Crippen LogP contribution in [0.15, 0.2) is 24.3 Å². The van der Waals surface area contributed by atoms with E-state index in [0.717, 1.165) is 13.1 Å². The molecule has 1 saturated heterocycles. The van der Waals surface area contributed by atoms with E-state index in [2.05, 4.69) is 82.3 Å². The van der Waals surface area contributed by atoms with E-state index in [-0.39, 0.29) is 0 Å². The first-order chi connectivity index (χ1) is 12.9. The van der Waals surface area contributed by atoms with E-state index in [4.69, 9.17) is 38.8 Å². The quantitative estimate of drug-likeness (QED) is 0.279. The second-order valence-electron chi connectivity index (χ2n) is 7.30. The molecule has 1 aliphatic rings. The van der Waals surface area contributed by atoms with Gasteiger partial charge in [-0.3, -0.25) is 0 Å². The summed E-state index contributed by atoms with van der Waals surface area (Å²) in [6.07, 6.45) is 0. The first-order valence-electron chi connectivity index (χ1n) is 8.94. The van der Waals surface area contributed by atoms with Crippen LogP contribution in [-0.2, 0) is 10.8 Å². The van der Waals surface area contributed by atoms with Gasteiger partial charge in [-0.05, 0) is 63.8 Å². The van der Waals surface area contributed by atoms with Gasteiger partial charge in [-0.2, -0.15) is 6.67 Å². The van der Waals surface area contributed by atoms with Gasteiger partial charge in [-0.25, -0.2) is 0 Å². The third kappa shape index (κ3) is 6.68. The molecule has 0 N–H and O–H groups in total. The van der Waals surface area contributed by atoms with Crippen LogP contribution < -0.4 is 9.80 Å². The zero-order valence-corrected chi connectivity index (χ0v) is 21.8. The Balaban J connectivity index is 0.000000500. The zero-order valence-electron chi connectivity index (χ0n) is 17.1. The van der Waals surface area contributed by atoms with Crippen molar-refractivity contribution in [3.63, 3.8) is 0 Å². The molecule has 0 amide bonds. The van der Waals surface area contributed by atoms with E-state index in [1.807, 2.05) is 0 Å². The summed E-state index contributed by atoms with van der Waals surface area (Å²) in [4.78, 5) is 4.81. The van der Waals surface area contributed by atoms with Gasteiger partial charge >= 0.3 is 49.6 Å². The van der Waals surface area contributed by atoms with Crippen LogP contribution in [0, 0.1) is 48.2 Å². The summed E-state index contributed by atoms with van der Waals surface area (Å²) in [5.41, 5.74) is 10.8. The van der Waals surface area contributed by atoms with Crippen LogP contribution in [0.2, 0.25) is 0 Å². The van der Waals surface area contributed by atoms with Gasteiger partial charge in [-0.15, -0.1) is 0 Å². The molecular formula is C21H27Cl4N2Ru-. The molecule has 1 heterocycles. The van der Waals surface area contributed by atoms with E-state index >= 15 is 0 Å². The number of nitrogens with zero attached hydrogens (tertiary/aromatic N) is 2. The van der Waals surface area contributed by atoms with Gasteiger partial charge in [0.15, 0.2) is 0 Å². The molecule has 0 unspecified atom stereocenters. The molecule has 158 valence electrons.